The first-order chi connectivity index (χ1) is 4.71. The topological polar surface area (TPSA) is 93.1 Å². The third-order valence-electron chi connectivity index (χ3n) is 0.584. The minimum atomic E-state index is -3.61. The van der Waals surface area contributed by atoms with E-state index in [1.165, 1.54) is 0 Å². The van der Waals surface area contributed by atoms with Crippen LogP contribution in [0, 0.1) is 0 Å². The summed E-state index contributed by atoms with van der Waals surface area (Å²) in [5, 5.41) is 0. The fourth-order valence-electron chi connectivity index (χ4n) is 0.219. The predicted molar refractivity (Wildman–Crippen MR) is 38.5 cm³/mol. The van der Waals surface area contributed by atoms with Gasteiger partial charge in [0.05, 0.1) is 0 Å². The fourth-order valence-corrected chi connectivity index (χ4v) is 0.799. The van der Waals surface area contributed by atoms with Gasteiger partial charge in [0.25, 0.3) is 0 Å². The highest BCUT2D eigenvalue weighted by atomic mass is 31.2. The molecule has 0 fully saturated rings. The zero-order chi connectivity index (χ0) is 9.12. The van der Waals surface area contributed by atoms with E-state index in [0.29, 0.717) is 0 Å². The molecule has 6 nitrogen and oxygen atoms in total. The van der Waals surface area contributed by atoms with Crippen LogP contribution in [0.25, 0.3) is 0 Å². The van der Waals surface area contributed by atoms with E-state index in [0.717, 1.165) is 13.3 Å². The zero-order valence-corrected chi connectivity index (χ0v) is 7.92. The van der Waals surface area contributed by atoms with Gasteiger partial charge in [0.2, 0.25) is 0 Å². The van der Waals surface area contributed by atoms with E-state index in [1.807, 2.05) is 0 Å². The molecule has 2 N–H and O–H groups in total. The van der Waals surface area contributed by atoms with Gasteiger partial charge in [-0.1, -0.05) is 0 Å². The quantitative estimate of drug-likeness (QED) is 0.514. The van der Waals surface area contributed by atoms with E-state index < -0.39 is 22.0 Å². The van der Waals surface area contributed by atoms with Gasteiger partial charge in [0, 0.05) is 13.3 Å². The van der Waals surface area contributed by atoms with Gasteiger partial charge in [0.1, 0.15) is 0 Å². The summed E-state index contributed by atoms with van der Waals surface area (Å²) in [7, 11) is -7.22. The molecule has 0 aromatic rings. The fraction of sp³-hybridized carbons (Fsp3) is 1.00. The van der Waals surface area contributed by atoms with Crippen LogP contribution in [-0.4, -0.2) is 29.9 Å². The maximum absolute atomic E-state index is 10.4. The molecule has 2 atom stereocenters. The van der Waals surface area contributed by atoms with Crippen molar-refractivity contribution in [3.8, 4) is 0 Å². The van der Waals surface area contributed by atoms with E-state index in [1.54, 1.807) is 0 Å². The minimum Gasteiger partial charge on any atom is -0.324 e. The Kier molecular flexibility index (Phi) is 3.91. The van der Waals surface area contributed by atoms with Crippen LogP contribution in [0.3, 0.4) is 0 Å². The van der Waals surface area contributed by atoms with Gasteiger partial charge in [-0.05, 0) is 0 Å². The van der Waals surface area contributed by atoms with E-state index in [-0.39, 0.29) is 0 Å². The highest BCUT2D eigenvalue weighted by molar-refractivity contribution is 7.52. The largest absolute Gasteiger partial charge is 0.327 e. The second kappa shape index (κ2) is 3.81. The van der Waals surface area contributed by atoms with Crippen LogP contribution in [0.1, 0.15) is 0 Å². The molecule has 0 saturated carbocycles. The molecule has 0 rings (SSSR count). The summed E-state index contributed by atoms with van der Waals surface area (Å²) in [6.45, 7) is 1.25. The minimum absolute atomic E-state index is 0.658. The lowest BCUT2D eigenvalue weighted by Gasteiger charge is -2.08. The summed E-state index contributed by atoms with van der Waals surface area (Å²) < 4.78 is 29.1. The van der Waals surface area contributed by atoms with Crippen molar-refractivity contribution in [2.75, 3.05) is 20.1 Å². The molecule has 0 radical (unpaired) electrons. The Bertz CT molecular complexity index is 178. The van der Waals surface area contributed by atoms with Crippen molar-refractivity contribution in [3.63, 3.8) is 0 Å². The first-order valence-corrected chi connectivity index (χ1v) is 6.65. The van der Waals surface area contributed by atoms with Crippen molar-refractivity contribution in [1.82, 2.24) is 0 Å². The zero-order valence-electron chi connectivity index (χ0n) is 6.13. The lowest BCUT2D eigenvalue weighted by Crippen LogP contribution is -1.95. The van der Waals surface area contributed by atoms with Gasteiger partial charge in [0.15, 0.2) is 6.79 Å². The highest BCUT2D eigenvalue weighted by Gasteiger charge is 2.14. The first kappa shape index (κ1) is 11.3. The molecule has 2 unspecified atom stereocenters. The van der Waals surface area contributed by atoms with Gasteiger partial charge in [-0.25, -0.2) is 0 Å². The molecule has 0 heterocycles. The second-order valence-electron chi connectivity index (χ2n) is 1.98. The third-order valence-corrected chi connectivity index (χ3v) is 1.75. The third kappa shape index (κ3) is 10.3. The Balaban J connectivity index is 3.61. The molecule has 0 aliphatic carbocycles. The molecule has 0 saturated heterocycles. The molecule has 8 heteroatoms. The van der Waals surface area contributed by atoms with Crippen LogP contribution in [0.4, 0.5) is 0 Å². The molecule has 0 spiro atoms. The van der Waals surface area contributed by atoms with E-state index in [4.69, 9.17) is 9.79 Å². The van der Waals surface area contributed by atoms with Crippen LogP contribution in [0.5, 0.6) is 0 Å². The monoisotopic (exact) mass is 204 g/mol. The van der Waals surface area contributed by atoms with Crippen LogP contribution >= 0.6 is 15.2 Å². The van der Waals surface area contributed by atoms with Gasteiger partial charge in [-0.15, -0.1) is 0 Å². The Morgan fingerprint density at radius 2 is 1.36 bits per heavy atom. The number of hydrogen-bond donors (Lipinski definition) is 2. The van der Waals surface area contributed by atoms with Gasteiger partial charge in [-0.2, -0.15) is 0 Å². The molecule has 0 bridgehead atoms. The standard InChI is InChI=1S/C3H10O6P2/c1-10(4,5)8-3-9-11(2,6)7/h3H2,1-2H3,(H,4,5)(H,6,7). The van der Waals surface area contributed by atoms with Crippen molar-refractivity contribution in [2.24, 2.45) is 0 Å². The number of hydrogen-bond acceptors (Lipinski definition) is 4. The highest BCUT2D eigenvalue weighted by Crippen LogP contribution is 2.41. The molecule has 0 aliphatic rings. The first-order valence-electron chi connectivity index (χ1n) is 2.60. The maximum Gasteiger partial charge on any atom is 0.327 e. The van der Waals surface area contributed by atoms with Crippen LogP contribution in [-0.2, 0) is 18.2 Å². The smallest absolute Gasteiger partial charge is 0.324 e. The van der Waals surface area contributed by atoms with Gasteiger partial charge in [-0.3, -0.25) is 18.2 Å². The maximum atomic E-state index is 10.4. The summed E-state index contributed by atoms with van der Waals surface area (Å²) in [6.07, 6.45) is 0. The van der Waals surface area contributed by atoms with E-state index >= 15 is 0 Å². The normalized spacial score (nSPS) is 22.2. The van der Waals surface area contributed by atoms with Gasteiger partial charge < -0.3 is 9.79 Å². The average Bonchev–Trinajstić information content (AvgIpc) is 1.55. The second-order valence-corrected chi connectivity index (χ2v) is 5.71. The van der Waals surface area contributed by atoms with Gasteiger partial charge >= 0.3 is 15.2 Å². The van der Waals surface area contributed by atoms with Crippen molar-refractivity contribution < 1.29 is 28.0 Å². The molecular weight excluding hydrogens is 194 g/mol. The van der Waals surface area contributed by atoms with Crippen molar-refractivity contribution in [1.29, 1.82) is 0 Å². The molecule has 68 valence electrons. The predicted octanol–water partition coefficient (Wildman–Crippen LogP) is 0.607. The Labute approximate surface area is 64.2 Å². The van der Waals surface area contributed by atoms with Crippen LogP contribution in [0.15, 0.2) is 0 Å². The summed E-state index contributed by atoms with van der Waals surface area (Å²) in [6, 6.07) is 0. The summed E-state index contributed by atoms with van der Waals surface area (Å²) >= 11 is 0. The van der Waals surface area contributed by atoms with E-state index in [2.05, 4.69) is 9.05 Å². The Morgan fingerprint density at radius 1 is 1.09 bits per heavy atom. The van der Waals surface area contributed by atoms with Crippen molar-refractivity contribution >= 4 is 15.2 Å². The molecule has 0 aliphatic heterocycles. The summed E-state index contributed by atoms with van der Waals surface area (Å²) in [5.41, 5.74) is 0. The molecular formula is C3H10O6P2. The molecule has 0 aromatic carbocycles. The summed E-state index contributed by atoms with van der Waals surface area (Å²) in [5.74, 6) is 0. The van der Waals surface area contributed by atoms with Crippen LogP contribution < -0.4 is 0 Å². The van der Waals surface area contributed by atoms with E-state index in [9.17, 15) is 9.13 Å². The molecule has 0 aromatic heterocycles. The molecule has 11 heavy (non-hydrogen) atoms. The number of rotatable bonds is 4. The molecule has 0 amide bonds. The Hall–Kier alpha value is 0.300. The van der Waals surface area contributed by atoms with Crippen molar-refractivity contribution in [2.45, 2.75) is 0 Å². The summed E-state index contributed by atoms with van der Waals surface area (Å²) in [4.78, 5) is 17.0. The average molecular weight is 204 g/mol. The lowest BCUT2D eigenvalue weighted by atomic mass is 11.6. The lowest BCUT2D eigenvalue weighted by molar-refractivity contribution is 0.0978. The van der Waals surface area contributed by atoms with Crippen molar-refractivity contribution in [3.05, 3.63) is 0 Å². The van der Waals surface area contributed by atoms with Crippen LogP contribution in [0.2, 0.25) is 0 Å². The SMILES string of the molecule is CP(=O)(O)OCOP(C)(=O)O. The Morgan fingerprint density at radius 3 is 1.55 bits per heavy atom.